The molecule has 0 aliphatic heterocycles. The topological polar surface area (TPSA) is 20.2 Å². The lowest BCUT2D eigenvalue weighted by atomic mass is 10.4. The lowest BCUT2D eigenvalue weighted by molar-refractivity contribution is 0.351. The van der Waals surface area contributed by atoms with E-state index < -0.39 is 0 Å². The van der Waals surface area contributed by atoms with Gasteiger partial charge in [-0.05, 0) is 29.1 Å². The van der Waals surface area contributed by atoms with Gasteiger partial charge in [-0.3, -0.25) is 0 Å². The second-order valence-electron chi connectivity index (χ2n) is 1.85. The molecule has 0 aliphatic carbocycles. The molecule has 0 fully saturated rings. The summed E-state index contributed by atoms with van der Waals surface area (Å²) < 4.78 is 0. The predicted molar refractivity (Wildman–Crippen MR) is 47.2 cm³/mol. The summed E-state index contributed by atoms with van der Waals surface area (Å²) in [5.74, 6) is 2.57. The molecule has 2 heteroatoms. The van der Waals surface area contributed by atoms with Crippen molar-refractivity contribution in [1.29, 1.82) is 0 Å². The first-order chi connectivity index (χ1) is 5.43. The van der Waals surface area contributed by atoms with E-state index in [1.807, 2.05) is 30.3 Å². The van der Waals surface area contributed by atoms with E-state index in [2.05, 4.69) is 11.2 Å². The first-order valence-corrected chi connectivity index (χ1v) is 4.06. The van der Waals surface area contributed by atoms with Crippen LogP contribution in [0.15, 0.2) is 35.2 Å². The summed E-state index contributed by atoms with van der Waals surface area (Å²) in [4.78, 5) is 1.11. The molecule has 0 aromatic heterocycles. The van der Waals surface area contributed by atoms with Crippen molar-refractivity contribution in [3.63, 3.8) is 0 Å². The van der Waals surface area contributed by atoms with Gasteiger partial charge in [-0.25, -0.2) is 0 Å². The third kappa shape index (κ3) is 3.13. The Morgan fingerprint density at radius 2 is 2.00 bits per heavy atom. The molecule has 0 aliphatic rings. The summed E-state index contributed by atoms with van der Waals surface area (Å²) in [6, 6.07) is 9.85. The quantitative estimate of drug-likeness (QED) is 0.504. The van der Waals surface area contributed by atoms with Gasteiger partial charge < -0.3 is 5.11 Å². The van der Waals surface area contributed by atoms with Crippen LogP contribution in [-0.4, -0.2) is 11.7 Å². The first kappa shape index (κ1) is 8.19. The Labute approximate surface area is 70.4 Å². The Hall–Kier alpha value is -0.910. The summed E-state index contributed by atoms with van der Waals surface area (Å²) in [6.45, 7) is -0.0696. The molecule has 11 heavy (non-hydrogen) atoms. The van der Waals surface area contributed by atoms with Crippen molar-refractivity contribution < 1.29 is 5.11 Å². The number of aliphatic hydroxyl groups is 1. The van der Waals surface area contributed by atoms with Gasteiger partial charge in [0.1, 0.15) is 6.61 Å². The Morgan fingerprint density at radius 3 is 2.64 bits per heavy atom. The zero-order chi connectivity index (χ0) is 7.94. The largest absolute Gasteiger partial charge is 0.384 e. The Bertz CT molecular complexity index is 258. The van der Waals surface area contributed by atoms with Crippen LogP contribution in [0.25, 0.3) is 0 Å². The molecule has 1 aromatic rings. The monoisotopic (exact) mass is 164 g/mol. The Morgan fingerprint density at radius 1 is 1.27 bits per heavy atom. The van der Waals surface area contributed by atoms with Crippen LogP contribution in [0.1, 0.15) is 0 Å². The molecule has 1 aromatic carbocycles. The van der Waals surface area contributed by atoms with E-state index in [4.69, 9.17) is 5.11 Å². The molecule has 0 radical (unpaired) electrons. The third-order valence-corrected chi connectivity index (χ3v) is 1.82. The van der Waals surface area contributed by atoms with Gasteiger partial charge in [0.15, 0.2) is 0 Å². The highest BCUT2D eigenvalue weighted by Gasteiger charge is 1.84. The van der Waals surface area contributed by atoms with Gasteiger partial charge in [0.25, 0.3) is 0 Å². The fourth-order valence-electron chi connectivity index (χ4n) is 0.616. The minimum Gasteiger partial charge on any atom is -0.384 e. The molecule has 1 nitrogen and oxygen atoms in total. The SMILES string of the molecule is OCC#CSc1ccccc1. The molecule has 1 N–H and O–H groups in total. The van der Waals surface area contributed by atoms with Crippen molar-refractivity contribution in [2.45, 2.75) is 4.90 Å². The zero-order valence-corrected chi connectivity index (χ0v) is 6.77. The minimum absolute atomic E-state index is 0.0696. The molecule has 0 unspecified atom stereocenters. The molecular weight excluding hydrogens is 156 g/mol. The van der Waals surface area contributed by atoms with Crippen LogP contribution in [0, 0.1) is 11.2 Å². The fourth-order valence-corrected chi connectivity index (χ4v) is 1.16. The standard InChI is InChI=1S/C9H8OS/c10-7-4-8-11-9-5-2-1-3-6-9/h1-3,5-6,10H,7H2. The average Bonchev–Trinajstić information content (AvgIpc) is 2.07. The second kappa shape index (κ2) is 4.84. The van der Waals surface area contributed by atoms with Crippen LogP contribution in [-0.2, 0) is 0 Å². The van der Waals surface area contributed by atoms with Crippen LogP contribution in [0.2, 0.25) is 0 Å². The minimum atomic E-state index is -0.0696. The van der Waals surface area contributed by atoms with E-state index >= 15 is 0 Å². The third-order valence-electron chi connectivity index (χ3n) is 1.06. The molecule has 0 saturated carbocycles. The van der Waals surface area contributed by atoms with Crippen LogP contribution in [0.4, 0.5) is 0 Å². The molecule has 0 heterocycles. The van der Waals surface area contributed by atoms with E-state index in [1.165, 1.54) is 11.8 Å². The fraction of sp³-hybridized carbons (Fsp3) is 0.111. The van der Waals surface area contributed by atoms with Crippen molar-refractivity contribution in [3.8, 4) is 11.2 Å². The second-order valence-corrected chi connectivity index (χ2v) is 2.73. The molecule has 0 atom stereocenters. The molecule has 0 bridgehead atoms. The zero-order valence-electron chi connectivity index (χ0n) is 5.95. The highest BCUT2D eigenvalue weighted by Crippen LogP contribution is 2.14. The van der Waals surface area contributed by atoms with Gasteiger partial charge >= 0.3 is 0 Å². The van der Waals surface area contributed by atoms with E-state index in [9.17, 15) is 0 Å². The highest BCUT2D eigenvalue weighted by molar-refractivity contribution is 8.03. The molecule has 0 spiro atoms. The van der Waals surface area contributed by atoms with Crippen LogP contribution >= 0.6 is 11.8 Å². The Balaban J connectivity index is 2.52. The van der Waals surface area contributed by atoms with Crippen molar-refractivity contribution in [3.05, 3.63) is 30.3 Å². The van der Waals surface area contributed by atoms with Crippen LogP contribution in [0.5, 0.6) is 0 Å². The molecule has 0 amide bonds. The van der Waals surface area contributed by atoms with Gasteiger partial charge in [0.2, 0.25) is 0 Å². The van der Waals surface area contributed by atoms with Crippen molar-refractivity contribution in [2.24, 2.45) is 0 Å². The molecule has 56 valence electrons. The summed E-state index contributed by atoms with van der Waals surface area (Å²) in [6.07, 6.45) is 0. The average molecular weight is 164 g/mol. The Kier molecular flexibility index (Phi) is 3.60. The van der Waals surface area contributed by atoms with Gasteiger partial charge in [0.05, 0.1) is 0 Å². The van der Waals surface area contributed by atoms with Gasteiger partial charge in [0, 0.05) is 4.90 Å². The summed E-state index contributed by atoms with van der Waals surface area (Å²) in [7, 11) is 0. The molecular formula is C9H8OS. The predicted octanol–water partition coefficient (Wildman–Crippen LogP) is 1.73. The molecule has 1 rings (SSSR count). The lowest BCUT2D eigenvalue weighted by Crippen LogP contribution is -1.69. The van der Waals surface area contributed by atoms with E-state index in [-0.39, 0.29) is 6.61 Å². The summed E-state index contributed by atoms with van der Waals surface area (Å²) >= 11 is 1.42. The maximum absolute atomic E-state index is 8.36. The number of hydrogen-bond donors (Lipinski definition) is 1. The van der Waals surface area contributed by atoms with Gasteiger partial charge in [-0.15, -0.1) is 0 Å². The number of hydrogen-bond acceptors (Lipinski definition) is 2. The van der Waals surface area contributed by atoms with Gasteiger partial charge in [-0.2, -0.15) is 0 Å². The van der Waals surface area contributed by atoms with E-state index in [1.54, 1.807) is 0 Å². The normalized spacial score (nSPS) is 8.45. The van der Waals surface area contributed by atoms with Gasteiger partial charge in [-0.1, -0.05) is 24.1 Å². The van der Waals surface area contributed by atoms with Crippen molar-refractivity contribution in [1.82, 2.24) is 0 Å². The van der Waals surface area contributed by atoms with Crippen LogP contribution in [0.3, 0.4) is 0 Å². The summed E-state index contributed by atoms with van der Waals surface area (Å²) in [5, 5.41) is 11.1. The smallest absolute Gasteiger partial charge is 0.105 e. The number of thioether (sulfide) groups is 1. The number of aliphatic hydroxyl groups excluding tert-OH is 1. The highest BCUT2D eigenvalue weighted by atomic mass is 32.2. The van der Waals surface area contributed by atoms with Crippen molar-refractivity contribution in [2.75, 3.05) is 6.61 Å². The lowest BCUT2D eigenvalue weighted by Gasteiger charge is -1.89. The maximum atomic E-state index is 8.36. The van der Waals surface area contributed by atoms with E-state index in [0.29, 0.717) is 0 Å². The van der Waals surface area contributed by atoms with E-state index in [0.717, 1.165) is 4.90 Å². The molecule has 0 saturated heterocycles. The maximum Gasteiger partial charge on any atom is 0.105 e. The van der Waals surface area contributed by atoms with Crippen molar-refractivity contribution >= 4 is 11.8 Å². The summed E-state index contributed by atoms with van der Waals surface area (Å²) in [5.41, 5.74) is 0. The van der Waals surface area contributed by atoms with Crippen LogP contribution < -0.4 is 0 Å². The number of rotatable bonds is 1. The number of benzene rings is 1. The first-order valence-electron chi connectivity index (χ1n) is 3.24.